The molecule has 1 aliphatic carbocycles. The van der Waals surface area contributed by atoms with Gasteiger partial charge in [0.25, 0.3) is 0 Å². The van der Waals surface area contributed by atoms with Crippen molar-refractivity contribution < 1.29 is 4.79 Å². The van der Waals surface area contributed by atoms with E-state index in [1.54, 1.807) is 0 Å². The van der Waals surface area contributed by atoms with Crippen molar-refractivity contribution in [1.82, 2.24) is 4.90 Å². The predicted molar refractivity (Wildman–Crippen MR) is 87.0 cm³/mol. The van der Waals surface area contributed by atoms with Gasteiger partial charge >= 0.3 is 0 Å². The van der Waals surface area contributed by atoms with Crippen LogP contribution in [0.4, 0.5) is 0 Å². The van der Waals surface area contributed by atoms with E-state index in [9.17, 15) is 4.79 Å². The summed E-state index contributed by atoms with van der Waals surface area (Å²) in [5, 5.41) is 0. The first kappa shape index (κ1) is 16.0. The molecule has 0 spiro atoms. The van der Waals surface area contributed by atoms with Gasteiger partial charge in [0, 0.05) is 12.6 Å². The van der Waals surface area contributed by atoms with Crippen LogP contribution >= 0.6 is 0 Å². The third-order valence-electron chi connectivity index (χ3n) is 4.54. The third-order valence-corrected chi connectivity index (χ3v) is 4.54. The summed E-state index contributed by atoms with van der Waals surface area (Å²) in [6.45, 7) is 2.85. The van der Waals surface area contributed by atoms with Gasteiger partial charge in [0.15, 0.2) is 0 Å². The van der Waals surface area contributed by atoms with Gasteiger partial charge in [-0.05, 0) is 38.2 Å². The lowest BCUT2D eigenvalue weighted by molar-refractivity contribution is -0.135. The normalized spacial score (nSPS) is 17.4. The number of benzene rings is 1. The average Bonchev–Trinajstić information content (AvgIpc) is 2.55. The largest absolute Gasteiger partial charge is 0.339 e. The summed E-state index contributed by atoms with van der Waals surface area (Å²) in [5.41, 5.74) is 7.41. The van der Waals surface area contributed by atoms with Crippen LogP contribution in [0.1, 0.15) is 51.0 Å². The van der Waals surface area contributed by atoms with Crippen LogP contribution < -0.4 is 5.73 Å². The Hall–Kier alpha value is -1.35. The zero-order valence-corrected chi connectivity index (χ0v) is 13.1. The highest BCUT2D eigenvalue weighted by atomic mass is 16.2. The fourth-order valence-corrected chi connectivity index (χ4v) is 3.29. The fraction of sp³-hybridized carbons (Fsp3) is 0.611. The molecule has 1 amide bonds. The van der Waals surface area contributed by atoms with Gasteiger partial charge in [-0.1, -0.05) is 49.6 Å². The number of likely N-dealkylation sites (N-methyl/N-ethyl adjacent to an activating group) is 1. The minimum Gasteiger partial charge on any atom is -0.339 e. The van der Waals surface area contributed by atoms with Gasteiger partial charge < -0.3 is 10.6 Å². The molecular weight excluding hydrogens is 260 g/mol. The SMILES string of the molecule is CCN(C(=O)[C@@H](N)CCc1ccccc1)C1CCCCC1. The number of carbonyl (C=O) groups is 1. The Balaban J connectivity index is 1.87. The molecule has 0 radical (unpaired) electrons. The average molecular weight is 288 g/mol. The first-order valence-corrected chi connectivity index (χ1v) is 8.32. The van der Waals surface area contributed by atoms with E-state index in [0.29, 0.717) is 6.04 Å². The quantitative estimate of drug-likeness (QED) is 0.874. The lowest BCUT2D eigenvalue weighted by atomic mass is 9.93. The van der Waals surface area contributed by atoms with Gasteiger partial charge in [0.2, 0.25) is 5.91 Å². The number of hydrogen-bond donors (Lipinski definition) is 1. The van der Waals surface area contributed by atoms with Crippen LogP contribution in [-0.2, 0) is 11.2 Å². The van der Waals surface area contributed by atoms with Crippen molar-refractivity contribution in [2.45, 2.75) is 64.0 Å². The smallest absolute Gasteiger partial charge is 0.239 e. The number of amides is 1. The Kier molecular flexibility index (Phi) is 6.24. The molecule has 0 aromatic heterocycles. The van der Waals surface area contributed by atoms with Gasteiger partial charge in [-0.3, -0.25) is 4.79 Å². The maximum atomic E-state index is 12.6. The number of carbonyl (C=O) groups excluding carboxylic acids is 1. The van der Waals surface area contributed by atoms with Gasteiger partial charge in [0.1, 0.15) is 0 Å². The van der Waals surface area contributed by atoms with E-state index >= 15 is 0 Å². The van der Waals surface area contributed by atoms with E-state index in [2.05, 4.69) is 19.1 Å². The van der Waals surface area contributed by atoms with Crippen LogP contribution in [0.3, 0.4) is 0 Å². The highest BCUT2D eigenvalue weighted by Gasteiger charge is 2.27. The number of aryl methyl sites for hydroxylation is 1. The Morgan fingerprint density at radius 2 is 1.90 bits per heavy atom. The van der Waals surface area contributed by atoms with Gasteiger partial charge in [-0.25, -0.2) is 0 Å². The lowest BCUT2D eigenvalue weighted by Gasteiger charge is -2.35. The highest BCUT2D eigenvalue weighted by molar-refractivity contribution is 5.82. The Morgan fingerprint density at radius 1 is 1.24 bits per heavy atom. The van der Waals surface area contributed by atoms with Crippen molar-refractivity contribution in [2.75, 3.05) is 6.54 Å². The molecule has 3 heteroatoms. The molecule has 1 atom stereocenters. The number of rotatable bonds is 6. The second-order valence-electron chi connectivity index (χ2n) is 6.05. The van der Waals surface area contributed by atoms with Crippen molar-refractivity contribution in [1.29, 1.82) is 0 Å². The summed E-state index contributed by atoms with van der Waals surface area (Å²) in [6.07, 6.45) is 7.68. The Bertz CT molecular complexity index is 426. The zero-order valence-electron chi connectivity index (χ0n) is 13.1. The molecule has 0 saturated heterocycles. The maximum Gasteiger partial charge on any atom is 0.239 e. The summed E-state index contributed by atoms with van der Waals surface area (Å²) in [4.78, 5) is 14.6. The number of nitrogens with two attached hydrogens (primary N) is 1. The molecule has 0 heterocycles. The minimum absolute atomic E-state index is 0.139. The van der Waals surface area contributed by atoms with E-state index in [0.717, 1.165) is 32.2 Å². The predicted octanol–water partition coefficient (Wildman–Crippen LogP) is 3.13. The Morgan fingerprint density at radius 3 is 2.52 bits per heavy atom. The molecule has 2 rings (SSSR count). The molecule has 0 unspecified atom stereocenters. The van der Waals surface area contributed by atoms with Crippen molar-refractivity contribution in [2.24, 2.45) is 5.73 Å². The summed E-state index contributed by atoms with van der Waals surface area (Å²) in [6, 6.07) is 10.3. The summed E-state index contributed by atoms with van der Waals surface area (Å²) in [7, 11) is 0. The standard InChI is InChI=1S/C18H28N2O/c1-2-20(16-11-7-4-8-12-16)18(21)17(19)14-13-15-9-5-3-6-10-15/h3,5-6,9-10,16-17H,2,4,7-8,11-14,19H2,1H3/t17-/m0/s1. The van der Waals surface area contributed by atoms with Gasteiger partial charge in [0.05, 0.1) is 6.04 Å². The first-order valence-electron chi connectivity index (χ1n) is 8.32. The summed E-state index contributed by atoms with van der Waals surface area (Å²) >= 11 is 0. The van der Waals surface area contributed by atoms with E-state index in [1.807, 2.05) is 23.1 Å². The summed E-state index contributed by atoms with van der Waals surface area (Å²) in [5.74, 6) is 0.139. The molecule has 1 aromatic carbocycles. The molecule has 3 nitrogen and oxygen atoms in total. The van der Waals surface area contributed by atoms with E-state index in [-0.39, 0.29) is 11.9 Å². The minimum atomic E-state index is -0.368. The van der Waals surface area contributed by atoms with E-state index in [4.69, 9.17) is 5.73 Å². The molecule has 0 aliphatic heterocycles. The van der Waals surface area contributed by atoms with E-state index < -0.39 is 0 Å². The van der Waals surface area contributed by atoms with Crippen LogP contribution in [0.2, 0.25) is 0 Å². The Labute approximate surface area is 128 Å². The monoisotopic (exact) mass is 288 g/mol. The molecule has 1 aromatic rings. The van der Waals surface area contributed by atoms with Crippen molar-refractivity contribution in [3.63, 3.8) is 0 Å². The molecule has 21 heavy (non-hydrogen) atoms. The van der Waals surface area contributed by atoms with Crippen LogP contribution in [-0.4, -0.2) is 29.4 Å². The highest BCUT2D eigenvalue weighted by Crippen LogP contribution is 2.23. The molecule has 116 valence electrons. The molecule has 1 saturated carbocycles. The second-order valence-corrected chi connectivity index (χ2v) is 6.05. The maximum absolute atomic E-state index is 12.6. The summed E-state index contributed by atoms with van der Waals surface area (Å²) < 4.78 is 0. The number of hydrogen-bond acceptors (Lipinski definition) is 2. The number of nitrogens with zero attached hydrogens (tertiary/aromatic N) is 1. The van der Waals surface area contributed by atoms with Crippen molar-refractivity contribution in [3.8, 4) is 0 Å². The lowest BCUT2D eigenvalue weighted by Crippen LogP contribution is -2.49. The van der Waals surface area contributed by atoms with Gasteiger partial charge in [-0.15, -0.1) is 0 Å². The van der Waals surface area contributed by atoms with Crippen molar-refractivity contribution >= 4 is 5.91 Å². The van der Waals surface area contributed by atoms with Crippen LogP contribution in [0.15, 0.2) is 30.3 Å². The molecular formula is C18H28N2O. The van der Waals surface area contributed by atoms with Crippen LogP contribution in [0.5, 0.6) is 0 Å². The topological polar surface area (TPSA) is 46.3 Å². The zero-order chi connectivity index (χ0) is 15.1. The second kappa shape index (κ2) is 8.18. The van der Waals surface area contributed by atoms with Gasteiger partial charge in [-0.2, -0.15) is 0 Å². The molecule has 1 aliphatic rings. The third kappa shape index (κ3) is 4.57. The molecule has 1 fully saturated rings. The molecule has 0 bridgehead atoms. The van der Waals surface area contributed by atoms with E-state index in [1.165, 1.54) is 24.8 Å². The fourth-order valence-electron chi connectivity index (χ4n) is 3.29. The molecule has 2 N–H and O–H groups in total. The van der Waals surface area contributed by atoms with Crippen molar-refractivity contribution in [3.05, 3.63) is 35.9 Å². The first-order chi connectivity index (χ1) is 10.2. The van der Waals surface area contributed by atoms with Crippen LogP contribution in [0, 0.1) is 0 Å². The van der Waals surface area contributed by atoms with Crippen LogP contribution in [0.25, 0.3) is 0 Å².